The summed E-state index contributed by atoms with van der Waals surface area (Å²) in [6, 6.07) is 4.64. The van der Waals surface area contributed by atoms with E-state index in [1.54, 1.807) is 26.2 Å². The highest BCUT2D eigenvalue weighted by Crippen LogP contribution is 2.59. The number of aryl methyl sites for hydroxylation is 1. The SMILES string of the molecule is COC1(CNC(=O)c2ccc(C)c([N+](=O)[O-])c2)C2CC3CC(C2)CC1C3. The molecule has 6 nitrogen and oxygen atoms in total. The number of ether oxygens (including phenoxy) is 1. The van der Waals surface area contributed by atoms with E-state index in [0.717, 1.165) is 11.8 Å². The minimum Gasteiger partial charge on any atom is -0.376 e. The molecule has 0 heterocycles. The molecule has 0 atom stereocenters. The van der Waals surface area contributed by atoms with Crippen molar-refractivity contribution in [1.29, 1.82) is 0 Å². The summed E-state index contributed by atoms with van der Waals surface area (Å²) in [7, 11) is 1.77. The van der Waals surface area contributed by atoms with Gasteiger partial charge in [0.05, 0.1) is 10.5 Å². The van der Waals surface area contributed by atoms with E-state index in [0.29, 0.717) is 29.5 Å². The Morgan fingerprint density at radius 2 is 1.85 bits per heavy atom. The summed E-state index contributed by atoms with van der Waals surface area (Å²) in [4.78, 5) is 23.3. The van der Waals surface area contributed by atoms with Crippen LogP contribution in [0.25, 0.3) is 0 Å². The summed E-state index contributed by atoms with van der Waals surface area (Å²) in [5.74, 6) is 2.42. The molecular formula is C20H26N2O4. The van der Waals surface area contributed by atoms with Gasteiger partial charge >= 0.3 is 0 Å². The first kappa shape index (κ1) is 17.5. The molecule has 1 amide bonds. The Labute approximate surface area is 153 Å². The first-order chi connectivity index (χ1) is 12.4. The average Bonchev–Trinajstić information content (AvgIpc) is 2.61. The Balaban J connectivity index is 1.50. The Morgan fingerprint density at radius 3 is 2.38 bits per heavy atom. The van der Waals surface area contributed by atoms with Crippen molar-refractivity contribution in [2.24, 2.45) is 23.7 Å². The van der Waals surface area contributed by atoms with E-state index < -0.39 is 4.92 Å². The molecule has 0 spiro atoms. The Hall–Kier alpha value is -1.95. The molecule has 5 rings (SSSR count). The molecule has 4 bridgehead atoms. The van der Waals surface area contributed by atoms with Crippen molar-refractivity contribution in [3.05, 3.63) is 39.4 Å². The summed E-state index contributed by atoms with van der Waals surface area (Å²) >= 11 is 0. The van der Waals surface area contributed by atoms with Gasteiger partial charge in [-0.25, -0.2) is 0 Å². The topological polar surface area (TPSA) is 81.5 Å². The van der Waals surface area contributed by atoms with Gasteiger partial charge in [0.1, 0.15) is 0 Å². The van der Waals surface area contributed by atoms with Crippen LogP contribution < -0.4 is 5.32 Å². The monoisotopic (exact) mass is 358 g/mol. The number of amides is 1. The van der Waals surface area contributed by atoms with E-state index >= 15 is 0 Å². The van der Waals surface area contributed by atoms with Crippen LogP contribution in [0.15, 0.2) is 18.2 Å². The second kappa shape index (κ2) is 6.34. The van der Waals surface area contributed by atoms with Crippen LogP contribution in [0.3, 0.4) is 0 Å². The zero-order chi connectivity index (χ0) is 18.5. The third kappa shape index (κ3) is 2.71. The van der Waals surface area contributed by atoms with Gasteiger partial charge in [-0.2, -0.15) is 0 Å². The van der Waals surface area contributed by atoms with E-state index in [2.05, 4.69) is 5.32 Å². The molecule has 4 fully saturated rings. The van der Waals surface area contributed by atoms with Crippen molar-refractivity contribution < 1.29 is 14.5 Å². The highest BCUT2D eigenvalue weighted by atomic mass is 16.6. The normalized spacial score (nSPS) is 34.7. The van der Waals surface area contributed by atoms with Gasteiger partial charge in [-0.05, 0) is 68.8 Å². The highest BCUT2D eigenvalue weighted by molar-refractivity contribution is 5.95. The minimum absolute atomic E-state index is 0.0197. The Morgan fingerprint density at radius 1 is 1.23 bits per heavy atom. The van der Waals surface area contributed by atoms with Gasteiger partial charge in [-0.3, -0.25) is 14.9 Å². The maximum atomic E-state index is 12.6. The van der Waals surface area contributed by atoms with Crippen LogP contribution in [0.1, 0.15) is 48.0 Å². The molecule has 1 aromatic carbocycles. The van der Waals surface area contributed by atoms with Gasteiger partial charge in [0.25, 0.3) is 11.6 Å². The molecule has 4 aliphatic carbocycles. The molecule has 6 heteroatoms. The summed E-state index contributed by atoms with van der Waals surface area (Å²) < 4.78 is 6.06. The number of nitro benzene ring substituents is 1. The summed E-state index contributed by atoms with van der Waals surface area (Å²) in [6.07, 6.45) is 6.17. The maximum absolute atomic E-state index is 12.6. The van der Waals surface area contributed by atoms with Gasteiger partial charge in [0, 0.05) is 30.8 Å². The molecule has 0 saturated heterocycles. The fourth-order valence-electron chi connectivity index (χ4n) is 5.94. The molecule has 1 aromatic rings. The number of nitro groups is 1. The van der Waals surface area contributed by atoms with Gasteiger partial charge < -0.3 is 10.1 Å². The van der Waals surface area contributed by atoms with Crippen molar-refractivity contribution in [1.82, 2.24) is 5.32 Å². The predicted octanol–water partition coefficient (Wildman–Crippen LogP) is 3.47. The zero-order valence-electron chi connectivity index (χ0n) is 15.4. The van der Waals surface area contributed by atoms with Gasteiger partial charge in [0.2, 0.25) is 0 Å². The van der Waals surface area contributed by atoms with Crippen molar-refractivity contribution >= 4 is 11.6 Å². The summed E-state index contributed by atoms with van der Waals surface area (Å²) in [5.41, 5.74) is 0.590. The largest absolute Gasteiger partial charge is 0.376 e. The number of nitrogens with zero attached hydrogens (tertiary/aromatic N) is 1. The second-order valence-corrected chi connectivity index (χ2v) is 8.40. The van der Waals surface area contributed by atoms with Crippen molar-refractivity contribution in [2.75, 3.05) is 13.7 Å². The number of hydrogen-bond acceptors (Lipinski definition) is 4. The molecular weight excluding hydrogens is 332 g/mol. The third-order valence-corrected chi connectivity index (χ3v) is 7.09. The molecule has 140 valence electrons. The Bertz CT molecular complexity index is 717. The third-order valence-electron chi connectivity index (χ3n) is 7.09. The molecule has 0 aliphatic heterocycles. The number of carbonyl (C=O) groups is 1. The van der Waals surface area contributed by atoms with E-state index in [-0.39, 0.29) is 17.2 Å². The molecule has 0 unspecified atom stereocenters. The van der Waals surface area contributed by atoms with Crippen LogP contribution in [-0.2, 0) is 4.74 Å². The number of nitrogens with one attached hydrogen (secondary N) is 1. The number of carbonyl (C=O) groups excluding carboxylic acids is 1. The van der Waals surface area contributed by atoms with E-state index in [1.165, 1.54) is 38.2 Å². The maximum Gasteiger partial charge on any atom is 0.273 e. The van der Waals surface area contributed by atoms with Crippen LogP contribution >= 0.6 is 0 Å². The van der Waals surface area contributed by atoms with Crippen LogP contribution in [0.2, 0.25) is 0 Å². The first-order valence-corrected chi connectivity index (χ1v) is 9.51. The van der Waals surface area contributed by atoms with E-state index in [9.17, 15) is 14.9 Å². The van der Waals surface area contributed by atoms with Crippen molar-refractivity contribution in [2.45, 2.75) is 44.6 Å². The smallest absolute Gasteiger partial charge is 0.273 e. The fraction of sp³-hybridized carbons (Fsp3) is 0.650. The first-order valence-electron chi connectivity index (χ1n) is 9.51. The van der Waals surface area contributed by atoms with E-state index in [4.69, 9.17) is 4.74 Å². The lowest BCUT2D eigenvalue weighted by Crippen LogP contribution is -2.63. The van der Waals surface area contributed by atoms with Gasteiger partial charge in [-0.15, -0.1) is 0 Å². The van der Waals surface area contributed by atoms with Crippen LogP contribution in [-0.4, -0.2) is 30.1 Å². The summed E-state index contributed by atoms with van der Waals surface area (Å²) in [5, 5.41) is 14.1. The number of hydrogen-bond donors (Lipinski definition) is 1. The van der Waals surface area contributed by atoms with Gasteiger partial charge in [-0.1, -0.05) is 6.07 Å². The van der Waals surface area contributed by atoms with Crippen molar-refractivity contribution in [3.8, 4) is 0 Å². The molecule has 0 radical (unpaired) electrons. The van der Waals surface area contributed by atoms with Gasteiger partial charge in [0.15, 0.2) is 0 Å². The summed E-state index contributed by atoms with van der Waals surface area (Å²) in [6.45, 7) is 2.16. The quantitative estimate of drug-likeness (QED) is 0.645. The number of benzene rings is 1. The van der Waals surface area contributed by atoms with Crippen LogP contribution in [0.5, 0.6) is 0 Å². The lowest BCUT2D eigenvalue weighted by Gasteiger charge is -2.60. The van der Waals surface area contributed by atoms with Crippen molar-refractivity contribution in [3.63, 3.8) is 0 Å². The van der Waals surface area contributed by atoms with E-state index in [1.807, 2.05) is 0 Å². The zero-order valence-corrected chi connectivity index (χ0v) is 15.4. The number of methoxy groups -OCH3 is 1. The molecule has 4 saturated carbocycles. The van der Waals surface area contributed by atoms with Crippen LogP contribution in [0.4, 0.5) is 5.69 Å². The Kier molecular flexibility index (Phi) is 4.26. The minimum atomic E-state index is -0.444. The molecule has 0 aromatic heterocycles. The lowest BCUT2D eigenvalue weighted by molar-refractivity contribution is -0.385. The fourth-order valence-corrected chi connectivity index (χ4v) is 5.94. The molecule has 1 N–H and O–H groups in total. The predicted molar refractivity (Wildman–Crippen MR) is 97.0 cm³/mol. The molecule has 4 aliphatic rings. The second-order valence-electron chi connectivity index (χ2n) is 8.40. The molecule has 26 heavy (non-hydrogen) atoms. The average molecular weight is 358 g/mol. The standard InChI is InChI=1S/C20H26N2O4/c1-12-3-4-15(10-18(12)22(24)25)19(23)21-11-20(26-2)16-6-13-5-14(8-16)9-17(20)7-13/h3-4,10,13-14,16-17H,5-9,11H2,1-2H3,(H,21,23). The number of rotatable bonds is 5. The highest BCUT2D eigenvalue weighted by Gasteiger charge is 2.57. The van der Waals surface area contributed by atoms with Crippen LogP contribution in [0, 0.1) is 40.7 Å². The lowest BCUT2D eigenvalue weighted by atomic mass is 9.49.